The fourth-order valence-corrected chi connectivity index (χ4v) is 12.0. The van der Waals surface area contributed by atoms with Gasteiger partial charge in [-0.3, -0.25) is 8.97 Å². The van der Waals surface area contributed by atoms with Gasteiger partial charge in [-0.05, 0) is 99.4 Å². The largest absolute Gasteiger partial charge is 0.455 e. The molecule has 0 saturated heterocycles. The maximum Gasteiger partial charge on any atom is 0.151 e. The number of furan rings is 1. The van der Waals surface area contributed by atoms with Crippen molar-refractivity contribution in [1.29, 1.82) is 0 Å². The smallest absolute Gasteiger partial charge is 0.151 e. The van der Waals surface area contributed by atoms with Crippen LogP contribution in [0.1, 0.15) is 25.0 Å². The highest BCUT2D eigenvalue weighted by molar-refractivity contribution is 6.17. The van der Waals surface area contributed by atoms with E-state index in [1.54, 1.807) is 0 Å². The monoisotopic (exact) mass is 908 g/mol. The maximum atomic E-state index is 6.49. The van der Waals surface area contributed by atoms with Crippen LogP contribution in [0, 0.1) is 0 Å². The van der Waals surface area contributed by atoms with Gasteiger partial charge in [-0.1, -0.05) is 184 Å². The molecule has 71 heavy (non-hydrogen) atoms. The molecule has 0 aliphatic heterocycles. The van der Waals surface area contributed by atoms with E-state index in [-0.39, 0.29) is 5.41 Å². The van der Waals surface area contributed by atoms with E-state index in [2.05, 4.69) is 246 Å². The molecule has 5 nitrogen and oxygen atoms in total. The standard InChI is InChI=1S/C66H44N4O/c1-66(2)55-23-9-5-19-53(55)61-56(66)24-14-27-59(61)68(45-39-33-43(34-40-45)47-21-13-22-51-50-17-8-12-28-60(50)71-63(47)51)44-35-29-41(30-36-44)42-31-37-46(38-32-42)69-58-26-11-7-20-54(58)62-65(69)70-57-25-10-6-16-49(57)48-15-3-4-18-52(48)64(70)67-62/h3-40H,1-2H3. The molecule has 0 radical (unpaired) electrons. The van der Waals surface area contributed by atoms with Gasteiger partial charge in [-0.15, -0.1) is 0 Å². The van der Waals surface area contributed by atoms with Crippen LogP contribution in [0.2, 0.25) is 0 Å². The average molecular weight is 909 g/mol. The first-order valence-corrected chi connectivity index (χ1v) is 24.5. The zero-order valence-electron chi connectivity index (χ0n) is 39.1. The van der Waals surface area contributed by atoms with Gasteiger partial charge in [0.15, 0.2) is 5.65 Å². The number of pyridine rings is 1. The first-order valence-electron chi connectivity index (χ1n) is 24.5. The third-order valence-corrected chi connectivity index (χ3v) is 15.3. The lowest BCUT2D eigenvalue weighted by Crippen LogP contribution is -2.16. The van der Waals surface area contributed by atoms with Crippen LogP contribution in [0.25, 0.3) is 110 Å². The molecule has 10 aromatic carbocycles. The molecular formula is C66H44N4O. The van der Waals surface area contributed by atoms with Crippen molar-refractivity contribution in [3.63, 3.8) is 0 Å². The molecule has 334 valence electrons. The quantitative estimate of drug-likeness (QED) is 0.156. The van der Waals surface area contributed by atoms with E-state index in [0.29, 0.717) is 0 Å². The van der Waals surface area contributed by atoms with E-state index in [0.717, 1.165) is 106 Å². The van der Waals surface area contributed by atoms with E-state index < -0.39 is 0 Å². The first-order chi connectivity index (χ1) is 35.0. The molecule has 1 aliphatic carbocycles. The lowest BCUT2D eigenvalue weighted by molar-refractivity contribution is 0.660. The molecule has 0 atom stereocenters. The highest BCUT2D eigenvalue weighted by Gasteiger charge is 2.37. The summed E-state index contributed by atoms with van der Waals surface area (Å²) in [6.45, 7) is 4.70. The number of anilines is 3. The number of aromatic nitrogens is 3. The van der Waals surface area contributed by atoms with Crippen molar-refractivity contribution in [1.82, 2.24) is 14.0 Å². The number of imidazole rings is 1. The Bertz CT molecular complexity index is 4480. The summed E-state index contributed by atoms with van der Waals surface area (Å²) in [6.07, 6.45) is 0. The number of para-hydroxylation sites is 4. The van der Waals surface area contributed by atoms with Crippen LogP contribution in [-0.2, 0) is 5.41 Å². The van der Waals surface area contributed by atoms with E-state index in [1.807, 2.05) is 12.1 Å². The van der Waals surface area contributed by atoms with Crippen molar-refractivity contribution >= 4 is 88.4 Å². The van der Waals surface area contributed by atoms with Gasteiger partial charge in [0, 0.05) is 60.5 Å². The van der Waals surface area contributed by atoms with Crippen LogP contribution in [0.4, 0.5) is 17.1 Å². The number of hydrogen-bond acceptors (Lipinski definition) is 3. The van der Waals surface area contributed by atoms with E-state index >= 15 is 0 Å². The predicted octanol–water partition coefficient (Wildman–Crippen LogP) is 17.7. The Kier molecular flexibility index (Phi) is 8.35. The van der Waals surface area contributed by atoms with Crippen molar-refractivity contribution in [2.24, 2.45) is 0 Å². The van der Waals surface area contributed by atoms with Gasteiger partial charge in [0.1, 0.15) is 22.3 Å². The molecule has 0 amide bonds. The normalized spacial score (nSPS) is 13.0. The minimum Gasteiger partial charge on any atom is -0.455 e. The Morgan fingerprint density at radius 1 is 0.437 bits per heavy atom. The van der Waals surface area contributed by atoms with Gasteiger partial charge < -0.3 is 9.32 Å². The van der Waals surface area contributed by atoms with Gasteiger partial charge >= 0.3 is 0 Å². The molecule has 4 heterocycles. The van der Waals surface area contributed by atoms with Gasteiger partial charge in [0.2, 0.25) is 0 Å². The number of nitrogens with zero attached hydrogens (tertiary/aromatic N) is 4. The number of fused-ring (bicyclic) bond motifs is 16. The Labute approximate surface area is 409 Å². The van der Waals surface area contributed by atoms with Gasteiger partial charge in [-0.2, -0.15) is 0 Å². The number of benzene rings is 10. The van der Waals surface area contributed by atoms with Crippen LogP contribution in [0.3, 0.4) is 0 Å². The van der Waals surface area contributed by atoms with Crippen molar-refractivity contribution < 1.29 is 4.42 Å². The van der Waals surface area contributed by atoms with Crippen molar-refractivity contribution in [3.8, 4) is 39.1 Å². The maximum absolute atomic E-state index is 6.49. The minimum atomic E-state index is -0.134. The van der Waals surface area contributed by atoms with Crippen molar-refractivity contribution in [3.05, 3.63) is 242 Å². The second-order valence-electron chi connectivity index (χ2n) is 19.5. The van der Waals surface area contributed by atoms with Crippen LogP contribution in [0.5, 0.6) is 0 Å². The van der Waals surface area contributed by atoms with Crippen LogP contribution in [-0.4, -0.2) is 14.0 Å². The second-order valence-corrected chi connectivity index (χ2v) is 19.5. The first kappa shape index (κ1) is 39.8. The molecule has 0 unspecified atom stereocenters. The molecule has 0 spiro atoms. The summed E-state index contributed by atoms with van der Waals surface area (Å²) < 4.78 is 11.2. The third-order valence-electron chi connectivity index (χ3n) is 15.3. The highest BCUT2D eigenvalue weighted by Crippen LogP contribution is 2.54. The summed E-state index contributed by atoms with van der Waals surface area (Å²) in [5.74, 6) is 0. The fraction of sp³-hybridized carbons (Fsp3) is 0.0455. The second kappa shape index (κ2) is 14.9. The summed E-state index contributed by atoms with van der Waals surface area (Å²) >= 11 is 0. The summed E-state index contributed by atoms with van der Waals surface area (Å²) in [4.78, 5) is 7.84. The Balaban J connectivity index is 0.844. The summed E-state index contributed by atoms with van der Waals surface area (Å²) in [6, 6.07) is 83.5. The summed E-state index contributed by atoms with van der Waals surface area (Å²) in [5, 5.41) is 6.97. The fourth-order valence-electron chi connectivity index (χ4n) is 12.0. The van der Waals surface area contributed by atoms with Crippen LogP contribution in [0.15, 0.2) is 235 Å². The topological polar surface area (TPSA) is 38.6 Å². The lowest BCUT2D eigenvalue weighted by Gasteiger charge is -2.29. The Hall–Kier alpha value is -9.19. The van der Waals surface area contributed by atoms with Gasteiger partial charge in [-0.25, -0.2) is 4.98 Å². The molecule has 0 bridgehead atoms. The van der Waals surface area contributed by atoms with Crippen molar-refractivity contribution in [2.75, 3.05) is 4.90 Å². The van der Waals surface area contributed by atoms with E-state index in [1.165, 1.54) is 33.0 Å². The summed E-state index contributed by atoms with van der Waals surface area (Å²) in [5.41, 5.74) is 21.1. The van der Waals surface area contributed by atoms with Gasteiger partial charge in [0.25, 0.3) is 0 Å². The predicted molar refractivity (Wildman–Crippen MR) is 295 cm³/mol. The zero-order valence-corrected chi connectivity index (χ0v) is 39.1. The molecule has 0 saturated carbocycles. The molecule has 0 fully saturated rings. The molecule has 5 heteroatoms. The lowest BCUT2D eigenvalue weighted by atomic mass is 9.82. The molecule has 4 aromatic heterocycles. The minimum absolute atomic E-state index is 0.134. The Morgan fingerprint density at radius 3 is 1.77 bits per heavy atom. The molecule has 1 aliphatic rings. The average Bonchev–Trinajstić information content (AvgIpc) is 4.16. The number of rotatable bonds is 6. The van der Waals surface area contributed by atoms with E-state index in [4.69, 9.17) is 9.40 Å². The Morgan fingerprint density at radius 2 is 1.00 bits per heavy atom. The highest BCUT2D eigenvalue weighted by atomic mass is 16.3. The molecule has 15 rings (SSSR count). The molecule has 14 aromatic rings. The SMILES string of the molecule is CC1(C)c2ccccc2-c2c(N(c3ccc(-c4ccc(-n5c6ccccc6c6nc7c8ccccc8c8ccccc8n7c65)cc4)cc3)c3ccc(-c4cccc5c4oc4ccccc45)cc3)cccc21. The third kappa shape index (κ3) is 5.72. The molecular weight excluding hydrogens is 865 g/mol. The van der Waals surface area contributed by atoms with E-state index in [9.17, 15) is 0 Å². The van der Waals surface area contributed by atoms with Crippen molar-refractivity contribution in [2.45, 2.75) is 19.3 Å². The zero-order chi connectivity index (χ0) is 47.0. The van der Waals surface area contributed by atoms with Gasteiger partial charge in [0.05, 0.1) is 16.7 Å². The summed E-state index contributed by atoms with van der Waals surface area (Å²) in [7, 11) is 0. The number of hydrogen-bond donors (Lipinski definition) is 0. The van der Waals surface area contributed by atoms with Crippen LogP contribution < -0.4 is 4.90 Å². The molecule has 0 N–H and O–H groups in total. The van der Waals surface area contributed by atoms with Crippen LogP contribution >= 0.6 is 0 Å².